The Morgan fingerprint density at radius 1 is 1.02 bits per heavy atom. The molecule has 18 heteroatoms. The van der Waals surface area contributed by atoms with Crippen LogP contribution < -0.4 is 35.2 Å². The first kappa shape index (κ1) is 41.2. The molecular weight excluding hydrogens is 808 g/mol. The summed E-state index contributed by atoms with van der Waals surface area (Å²) in [7, 11) is 0. The lowest BCUT2D eigenvalue weighted by molar-refractivity contribution is -0.291. The molecule has 324 valence electrons. The third kappa shape index (κ3) is 7.68. The minimum Gasteiger partial charge on any atom is -0.487 e. The van der Waals surface area contributed by atoms with Gasteiger partial charge in [-0.1, -0.05) is 48.2 Å². The smallest absolute Gasteiger partial charge is 0.317 e. The fourth-order valence-electron chi connectivity index (χ4n) is 8.83. The predicted octanol–water partition coefficient (Wildman–Crippen LogP) is 1.05. The molecule has 18 nitrogen and oxygen atoms in total. The Balaban J connectivity index is 1.14. The molecule has 0 saturated carbocycles. The average Bonchev–Trinajstić information content (AvgIpc) is 3.96. The Morgan fingerprint density at radius 3 is 2.60 bits per heavy atom. The zero-order chi connectivity index (χ0) is 43.2. The molecule has 4 bridgehead atoms. The van der Waals surface area contributed by atoms with E-state index in [0.29, 0.717) is 53.6 Å². The first-order chi connectivity index (χ1) is 30.0. The van der Waals surface area contributed by atoms with Crippen molar-refractivity contribution in [2.45, 2.75) is 86.4 Å². The number of fused-ring (bicyclic) bond motifs is 3. The number of nitrogens with zero attached hydrogens (tertiary/aromatic N) is 2. The van der Waals surface area contributed by atoms with E-state index >= 15 is 0 Å². The fraction of sp³-hybridized carbons (Fsp3) is 0.386. The van der Waals surface area contributed by atoms with Crippen molar-refractivity contribution in [3.05, 3.63) is 100 Å². The highest BCUT2D eigenvalue weighted by atomic mass is 16.7. The largest absolute Gasteiger partial charge is 0.487 e. The predicted molar refractivity (Wildman–Crippen MR) is 215 cm³/mol. The molecule has 0 aliphatic carbocycles. The topological polar surface area (TPSA) is 268 Å². The van der Waals surface area contributed by atoms with Crippen LogP contribution in [0.4, 0.5) is 0 Å². The number of carbonyl (C=O) groups excluding carboxylic acids is 1. The lowest BCUT2D eigenvalue weighted by Gasteiger charge is -2.43. The lowest BCUT2D eigenvalue weighted by atomic mass is 9.76. The molecule has 0 spiro atoms. The van der Waals surface area contributed by atoms with Crippen molar-refractivity contribution in [2.24, 2.45) is 16.5 Å². The average molecular weight is 853 g/mol. The molecule has 0 aromatic heterocycles. The summed E-state index contributed by atoms with van der Waals surface area (Å²) in [5.41, 5.74) is 16.8. The summed E-state index contributed by atoms with van der Waals surface area (Å²) >= 11 is 0. The Bertz CT molecular complexity index is 2390. The van der Waals surface area contributed by atoms with Gasteiger partial charge in [0.1, 0.15) is 54.5 Å². The van der Waals surface area contributed by atoms with Crippen LogP contribution in [0.25, 0.3) is 0 Å². The maximum atomic E-state index is 12.4. The first-order valence-electron chi connectivity index (χ1n) is 20.0. The molecule has 3 aromatic rings. The number of aliphatic imine (C=N–C) groups is 1. The van der Waals surface area contributed by atoms with Gasteiger partial charge in [-0.2, -0.15) is 0 Å². The maximum absolute atomic E-state index is 12.4. The van der Waals surface area contributed by atoms with Crippen LogP contribution in [0.2, 0.25) is 0 Å². The van der Waals surface area contributed by atoms with Crippen molar-refractivity contribution in [3.63, 3.8) is 0 Å². The van der Waals surface area contributed by atoms with Gasteiger partial charge in [0, 0.05) is 54.7 Å². The zero-order valence-corrected chi connectivity index (χ0v) is 33.0. The Morgan fingerprint density at radius 2 is 1.84 bits per heavy atom. The molecule has 0 radical (unpaired) electrons. The number of aliphatic hydroxyl groups excluding tert-OH is 4. The number of benzene rings is 3. The summed E-state index contributed by atoms with van der Waals surface area (Å²) in [4.78, 5) is 30.1. The molecule has 0 unspecified atom stereocenters. The number of nitrogens with two attached hydrogens (primary N) is 2. The lowest BCUT2D eigenvalue weighted by Crippen LogP contribution is -2.66. The molecule has 9 rings (SSSR count). The van der Waals surface area contributed by atoms with E-state index in [9.17, 15) is 30.0 Å². The number of allylic oxidation sites excluding steroid dienone is 1. The molecular formula is C44H44N4O14. The van der Waals surface area contributed by atoms with Crippen molar-refractivity contribution in [1.29, 1.82) is 0 Å². The van der Waals surface area contributed by atoms with E-state index in [1.165, 1.54) is 0 Å². The van der Waals surface area contributed by atoms with Crippen molar-refractivity contribution in [2.75, 3.05) is 19.9 Å². The van der Waals surface area contributed by atoms with Crippen LogP contribution in [0.1, 0.15) is 53.0 Å². The van der Waals surface area contributed by atoms with Gasteiger partial charge < -0.3 is 75.1 Å². The number of aliphatic hydroxyl groups is 4. The van der Waals surface area contributed by atoms with Crippen LogP contribution >= 0.6 is 0 Å². The van der Waals surface area contributed by atoms with E-state index in [-0.39, 0.29) is 12.4 Å². The number of aliphatic carboxylic acids is 1. The van der Waals surface area contributed by atoms with Crippen LogP contribution in [-0.2, 0) is 25.6 Å². The van der Waals surface area contributed by atoms with Crippen molar-refractivity contribution in [3.8, 4) is 40.6 Å². The maximum Gasteiger partial charge on any atom is 0.317 e. The van der Waals surface area contributed by atoms with Gasteiger partial charge >= 0.3 is 11.9 Å². The van der Waals surface area contributed by atoms with Crippen LogP contribution in [0, 0.1) is 11.8 Å². The van der Waals surface area contributed by atoms with Crippen LogP contribution in [-0.4, -0.2) is 118 Å². The van der Waals surface area contributed by atoms with Gasteiger partial charge in [-0.3, -0.25) is 14.6 Å². The van der Waals surface area contributed by atoms with Gasteiger partial charge in [-0.15, -0.1) is 0 Å². The Hall–Kier alpha value is -6.17. The molecule has 1 saturated heterocycles. The number of carboxylic acids is 1. The third-order valence-corrected chi connectivity index (χ3v) is 11.6. The number of hydrogen-bond acceptors (Lipinski definition) is 17. The molecule has 62 heavy (non-hydrogen) atoms. The van der Waals surface area contributed by atoms with E-state index < -0.39 is 92.2 Å². The monoisotopic (exact) mass is 852 g/mol. The second kappa shape index (κ2) is 16.9. The number of esters is 1. The molecule has 6 aliphatic heterocycles. The highest BCUT2D eigenvalue weighted by Crippen LogP contribution is 2.61. The fourth-order valence-corrected chi connectivity index (χ4v) is 8.83. The summed E-state index contributed by atoms with van der Waals surface area (Å²) in [5.74, 6) is 4.67. The molecule has 3 aromatic carbocycles. The van der Waals surface area contributed by atoms with Crippen molar-refractivity contribution in [1.82, 2.24) is 4.90 Å². The molecule has 6 aliphatic rings. The molecule has 6 heterocycles. The van der Waals surface area contributed by atoms with Crippen molar-refractivity contribution < 1.29 is 68.3 Å². The van der Waals surface area contributed by atoms with Gasteiger partial charge in [-0.05, 0) is 29.3 Å². The minimum absolute atomic E-state index is 0.115. The van der Waals surface area contributed by atoms with Crippen molar-refractivity contribution >= 4 is 18.2 Å². The van der Waals surface area contributed by atoms with E-state index in [1.54, 1.807) is 24.4 Å². The van der Waals surface area contributed by atoms with Gasteiger partial charge in [0.2, 0.25) is 12.0 Å². The number of carboxylic acid groups (broad SMARTS) is 1. The van der Waals surface area contributed by atoms with E-state index in [0.717, 1.165) is 22.4 Å². The number of hydrogen-bond donors (Lipinski definition) is 7. The summed E-state index contributed by atoms with van der Waals surface area (Å²) in [6.07, 6.45) is -8.53. The molecule has 0 amide bonds. The minimum atomic E-state index is -1.91. The highest BCUT2D eigenvalue weighted by molar-refractivity contribution is 5.90. The quantitative estimate of drug-likeness (QED) is 0.0581. The van der Waals surface area contributed by atoms with Gasteiger partial charge in [-0.25, -0.2) is 0 Å². The standard InChI is InChI=1S/C44H44N4O14/c45-43(46)42(60-31(52)16-30(50)51)41-35(54)34(53)36(55)44(62-41)58-24-14-23(18-48-17-22-11-12-47-27(22)19-48)32-29(15-24)59-37-25(21-6-2-1-3-7-21)8-4-5-13-56-39-28(57-20-49)10-9-26-33(37)40(32)61-38(26)39/h1-3,6-7,9-12,14-15,19,25,33-37,40-44,49,53-55H,5,13,16-18,20,45-46H2,(H,50,51)/t25-,33-,34+,35+,36-,37-,40+,41+,42-,44-/m1/s1. The normalized spacial score (nSPS) is 28.0. The summed E-state index contributed by atoms with van der Waals surface area (Å²) in [6, 6.07) is 16.7. The summed E-state index contributed by atoms with van der Waals surface area (Å²) < 4.78 is 43.4. The van der Waals surface area contributed by atoms with Crippen LogP contribution in [0.15, 0.2) is 83.1 Å². The SMILES string of the molecule is NC(N)[C@H](OC(=O)CC(=O)O)[C@H]1O[C@@H](Oc2cc(CN3C=C4N=CC=C4C3)c3c(c2)O[C@H]2[C@H]4c5ccc(OCO)c(c5O[C@@H]34)OCCC#C[C@@H]2c2ccccc2)[C@H](O)[C@@H](O)[C@@H]1O. The van der Waals surface area contributed by atoms with E-state index in [4.69, 9.17) is 49.7 Å². The zero-order valence-electron chi connectivity index (χ0n) is 33.0. The van der Waals surface area contributed by atoms with Gasteiger partial charge in [0.15, 0.2) is 24.4 Å². The number of carbonyl (C=O) groups is 2. The van der Waals surface area contributed by atoms with E-state index in [1.807, 2.05) is 48.7 Å². The van der Waals surface area contributed by atoms with Gasteiger partial charge in [0.25, 0.3) is 0 Å². The molecule has 9 N–H and O–H groups in total. The second-order valence-electron chi connectivity index (χ2n) is 15.6. The van der Waals surface area contributed by atoms with Crippen LogP contribution in [0.5, 0.6) is 28.7 Å². The number of ether oxygens (including phenoxy) is 7. The van der Waals surface area contributed by atoms with E-state index in [2.05, 4.69) is 21.7 Å². The summed E-state index contributed by atoms with van der Waals surface area (Å²) in [6.45, 7) is 0.498. The third-order valence-electron chi connectivity index (χ3n) is 11.6. The first-order valence-corrected chi connectivity index (χ1v) is 20.0. The molecule has 1 fully saturated rings. The van der Waals surface area contributed by atoms with Gasteiger partial charge in [0.05, 0.1) is 30.3 Å². The second-order valence-corrected chi connectivity index (χ2v) is 15.6. The Kier molecular flexibility index (Phi) is 11.3. The number of rotatable bonds is 12. The summed E-state index contributed by atoms with van der Waals surface area (Å²) in [5, 5.41) is 52.1. The molecule has 10 atom stereocenters. The van der Waals surface area contributed by atoms with Crippen LogP contribution in [0.3, 0.4) is 0 Å². The Labute approximate surface area is 354 Å². The highest BCUT2D eigenvalue weighted by Gasteiger charge is 2.53.